The standard InChI is InChI=1S/2C8H17.2C3H9OSi.2Al.O/c2*1-3-5-7-8-6-4-2;2*1-5(2,3)4;;;/h2*1,3-8H2,2H3;2*1-3H3;;;/q;;2*-1;2*+1;. The minimum atomic E-state index is -1.61. The van der Waals surface area contributed by atoms with Crippen LogP contribution in [0.3, 0.4) is 0 Å². The summed E-state index contributed by atoms with van der Waals surface area (Å²) in [6.07, 6.45) is 16.1. The zero-order valence-electron chi connectivity index (χ0n) is 21.3. The lowest BCUT2D eigenvalue weighted by Gasteiger charge is -2.29. The maximum atomic E-state index is 6.76. The monoisotopic (exact) mass is 474 g/mol. The van der Waals surface area contributed by atoms with Gasteiger partial charge in [-0.1, -0.05) is 90.9 Å². The van der Waals surface area contributed by atoms with E-state index in [2.05, 4.69) is 53.1 Å². The average molecular weight is 475 g/mol. The van der Waals surface area contributed by atoms with Crippen molar-refractivity contribution in [1.82, 2.24) is 0 Å². The lowest BCUT2D eigenvalue weighted by atomic mass is 10.1. The fourth-order valence-corrected chi connectivity index (χ4v) is 15.8. The Morgan fingerprint density at radius 1 is 0.483 bits per heavy atom. The molecule has 0 spiro atoms. The highest BCUT2D eigenvalue weighted by Crippen LogP contribution is 2.19. The SMILES string of the molecule is CCCCCCC[CH2][Al]([O][Al]([CH2]CCCCCCC)[O][Si](C)(C)C)[O][Si](C)(C)C. The number of hydrogen-bond donors (Lipinski definition) is 0. The van der Waals surface area contributed by atoms with Gasteiger partial charge >= 0.3 is 29.6 Å². The van der Waals surface area contributed by atoms with E-state index in [4.69, 9.17) is 9.80 Å². The Kier molecular flexibility index (Phi) is 18.7. The van der Waals surface area contributed by atoms with Crippen LogP contribution in [0.1, 0.15) is 90.9 Å². The van der Waals surface area contributed by atoms with E-state index < -0.39 is 46.3 Å². The van der Waals surface area contributed by atoms with Crippen LogP contribution in [-0.2, 0) is 9.80 Å². The molecule has 0 atom stereocenters. The fraction of sp³-hybridized carbons (Fsp3) is 1.00. The molecule has 0 aliphatic heterocycles. The van der Waals surface area contributed by atoms with Crippen LogP contribution in [0.25, 0.3) is 0 Å². The molecule has 0 bridgehead atoms. The average Bonchev–Trinajstić information content (AvgIpc) is 2.58. The summed E-state index contributed by atoms with van der Waals surface area (Å²) in [7, 11) is -3.13. The van der Waals surface area contributed by atoms with Gasteiger partial charge < -0.3 is 9.80 Å². The van der Waals surface area contributed by atoms with Gasteiger partial charge in [0.25, 0.3) is 0 Å². The van der Waals surface area contributed by atoms with Gasteiger partial charge in [-0.05, 0) is 49.8 Å². The molecule has 0 rings (SSSR count). The van der Waals surface area contributed by atoms with E-state index in [1.54, 1.807) is 0 Å². The maximum Gasteiger partial charge on any atom is 0.634 e. The molecule has 0 unspecified atom stereocenters. The molecule has 3 nitrogen and oxygen atoms in total. The van der Waals surface area contributed by atoms with Crippen LogP contribution in [0.2, 0.25) is 49.8 Å². The largest absolute Gasteiger partial charge is 0.634 e. The second-order valence-corrected chi connectivity index (χ2v) is 24.9. The van der Waals surface area contributed by atoms with E-state index in [0.717, 1.165) is 0 Å². The van der Waals surface area contributed by atoms with Gasteiger partial charge in [-0.25, -0.2) is 0 Å². The van der Waals surface area contributed by atoms with Crippen molar-refractivity contribution >= 4 is 46.3 Å². The van der Waals surface area contributed by atoms with Gasteiger partial charge in [-0.2, -0.15) is 0 Å². The van der Waals surface area contributed by atoms with Gasteiger partial charge in [0.05, 0.1) is 0 Å². The Bertz CT molecular complexity index is 340. The van der Waals surface area contributed by atoms with Crippen LogP contribution in [0.15, 0.2) is 0 Å². The van der Waals surface area contributed by atoms with Crippen LogP contribution in [-0.4, -0.2) is 46.3 Å². The molecule has 0 amide bonds. The minimum absolute atomic E-state index is 1.17. The van der Waals surface area contributed by atoms with Crippen LogP contribution in [0.4, 0.5) is 0 Å². The van der Waals surface area contributed by atoms with Gasteiger partial charge in [-0.15, -0.1) is 0 Å². The third-order valence-corrected chi connectivity index (χ3v) is 16.8. The van der Waals surface area contributed by atoms with Crippen molar-refractivity contribution in [3.05, 3.63) is 0 Å². The second kappa shape index (κ2) is 17.9. The molecule has 0 aromatic rings. The van der Waals surface area contributed by atoms with Crippen LogP contribution in [0, 0.1) is 0 Å². The Labute approximate surface area is 196 Å². The number of hydrogen-bond acceptors (Lipinski definition) is 3. The Hall–Kier alpha value is 1.38. The Balaban J connectivity index is 4.61. The van der Waals surface area contributed by atoms with E-state index in [0.29, 0.717) is 0 Å². The van der Waals surface area contributed by atoms with Crippen molar-refractivity contribution in [3.63, 3.8) is 0 Å². The van der Waals surface area contributed by atoms with Crippen molar-refractivity contribution in [3.8, 4) is 0 Å². The van der Waals surface area contributed by atoms with Crippen molar-refractivity contribution in [2.24, 2.45) is 0 Å². The molecule has 0 saturated carbocycles. The lowest BCUT2D eigenvalue weighted by molar-refractivity contribution is 0.357. The summed E-state index contributed by atoms with van der Waals surface area (Å²) in [6.45, 7) is 18.4. The summed E-state index contributed by atoms with van der Waals surface area (Å²) in [4.78, 5) is 0. The topological polar surface area (TPSA) is 27.7 Å². The fourth-order valence-electron chi connectivity index (χ4n) is 3.45. The molecule has 29 heavy (non-hydrogen) atoms. The van der Waals surface area contributed by atoms with E-state index >= 15 is 0 Å². The zero-order chi connectivity index (χ0) is 22.2. The first-order valence-corrected chi connectivity index (χ1v) is 22.9. The van der Waals surface area contributed by atoms with Crippen molar-refractivity contribution < 1.29 is 9.80 Å². The summed E-state index contributed by atoms with van der Waals surface area (Å²) in [5.41, 5.74) is 0. The van der Waals surface area contributed by atoms with Crippen LogP contribution >= 0.6 is 0 Å². The zero-order valence-corrected chi connectivity index (χ0v) is 25.6. The Morgan fingerprint density at radius 2 is 0.793 bits per heavy atom. The molecule has 0 aromatic carbocycles. The summed E-state index contributed by atoms with van der Waals surface area (Å²) < 4.78 is 20.0. The van der Waals surface area contributed by atoms with Crippen LogP contribution < -0.4 is 0 Å². The molecular formula is C22H52Al2O3Si2. The maximum absolute atomic E-state index is 6.76. The molecule has 172 valence electrons. The predicted octanol–water partition coefficient (Wildman–Crippen LogP) is 8.40. The van der Waals surface area contributed by atoms with Crippen LogP contribution in [0.5, 0.6) is 0 Å². The quantitative estimate of drug-likeness (QED) is 0.131. The van der Waals surface area contributed by atoms with E-state index in [9.17, 15) is 0 Å². The molecule has 0 aliphatic carbocycles. The third-order valence-electron chi connectivity index (χ3n) is 4.86. The molecule has 0 aromatic heterocycles. The van der Waals surface area contributed by atoms with Gasteiger partial charge in [-0.3, -0.25) is 0 Å². The summed E-state index contributed by atoms with van der Waals surface area (Å²) in [5, 5.41) is 2.34. The van der Waals surface area contributed by atoms with Gasteiger partial charge in [0.1, 0.15) is 0 Å². The number of rotatable bonds is 20. The van der Waals surface area contributed by atoms with Gasteiger partial charge in [0, 0.05) is 0 Å². The number of unbranched alkanes of at least 4 members (excludes halogenated alkanes) is 10. The predicted molar refractivity (Wildman–Crippen MR) is 138 cm³/mol. The first-order chi connectivity index (χ1) is 13.6. The lowest BCUT2D eigenvalue weighted by Crippen LogP contribution is -2.44. The summed E-state index contributed by atoms with van der Waals surface area (Å²) >= 11 is -3.23. The third kappa shape index (κ3) is 22.4. The summed E-state index contributed by atoms with van der Waals surface area (Å²) in [5.74, 6) is 0. The molecule has 7 heteroatoms. The normalized spacial score (nSPS) is 12.4. The van der Waals surface area contributed by atoms with E-state index in [1.807, 2.05) is 0 Å². The van der Waals surface area contributed by atoms with Crippen molar-refractivity contribution in [1.29, 1.82) is 0 Å². The van der Waals surface area contributed by atoms with E-state index in [1.165, 1.54) is 87.6 Å². The molecule has 0 saturated heterocycles. The minimum Gasteiger partial charge on any atom is -0.592 e. The molecule has 0 heterocycles. The highest BCUT2D eigenvalue weighted by atomic mass is 28.4. The molecule has 0 radical (unpaired) electrons. The molecular weight excluding hydrogens is 422 g/mol. The molecule has 0 fully saturated rings. The first-order valence-electron chi connectivity index (χ1n) is 12.6. The highest BCUT2D eigenvalue weighted by Gasteiger charge is 2.38. The van der Waals surface area contributed by atoms with Crippen molar-refractivity contribution in [2.75, 3.05) is 0 Å². The van der Waals surface area contributed by atoms with E-state index in [-0.39, 0.29) is 0 Å². The first kappa shape index (κ1) is 30.4. The van der Waals surface area contributed by atoms with Gasteiger partial charge in [0.15, 0.2) is 16.6 Å². The second-order valence-electron chi connectivity index (χ2n) is 10.6. The van der Waals surface area contributed by atoms with Crippen molar-refractivity contribution in [2.45, 2.75) is 141 Å². The molecule has 0 N–H and O–H groups in total. The molecule has 0 aliphatic rings. The Morgan fingerprint density at radius 3 is 1.10 bits per heavy atom. The van der Waals surface area contributed by atoms with Gasteiger partial charge in [0.2, 0.25) is 0 Å². The summed E-state index contributed by atoms with van der Waals surface area (Å²) in [6, 6.07) is 0. The highest BCUT2D eigenvalue weighted by molar-refractivity contribution is 6.79. The smallest absolute Gasteiger partial charge is 0.592 e.